The predicted molar refractivity (Wildman–Crippen MR) is 68.7 cm³/mol. The molecule has 2 aromatic rings. The van der Waals surface area contributed by atoms with Gasteiger partial charge in [0.05, 0.1) is 37.4 Å². The fourth-order valence-corrected chi connectivity index (χ4v) is 1.99. The van der Waals surface area contributed by atoms with E-state index in [4.69, 9.17) is 10.00 Å². The highest BCUT2D eigenvalue weighted by Crippen LogP contribution is 2.10. The molecule has 19 heavy (non-hydrogen) atoms. The minimum atomic E-state index is -0.0279. The topological polar surface area (TPSA) is 63.2 Å². The molecule has 1 aliphatic rings. The number of hydrogen-bond donors (Lipinski definition) is 0. The molecule has 1 atom stereocenters. The van der Waals surface area contributed by atoms with Gasteiger partial charge in [-0.15, -0.1) is 0 Å². The van der Waals surface area contributed by atoms with Gasteiger partial charge in [0.15, 0.2) is 0 Å². The Hall–Kier alpha value is -2.32. The number of hydrogen-bond acceptors (Lipinski definition) is 3. The van der Waals surface area contributed by atoms with Crippen LogP contribution in [0.1, 0.15) is 11.1 Å². The fourth-order valence-electron chi connectivity index (χ4n) is 1.99. The Kier molecular flexibility index (Phi) is 2.94. The number of rotatable bonds is 4. The van der Waals surface area contributed by atoms with Gasteiger partial charge >= 0.3 is 5.69 Å². The van der Waals surface area contributed by atoms with Crippen molar-refractivity contribution in [1.29, 1.82) is 5.26 Å². The van der Waals surface area contributed by atoms with Crippen molar-refractivity contribution in [3.63, 3.8) is 0 Å². The van der Waals surface area contributed by atoms with Crippen molar-refractivity contribution in [3.8, 4) is 6.07 Å². The Bertz CT molecular complexity index is 672. The molecule has 0 spiro atoms. The number of nitrogens with zero attached hydrogens (tertiary/aromatic N) is 3. The third-order valence-corrected chi connectivity index (χ3v) is 3.16. The Morgan fingerprint density at radius 3 is 2.58 bits per heavy atom. The maximum Gasteiger partial charge on any atom is 0.328 e. The minimum absolute atomic E-state index is 0.0279. The van der Waals surface area contributed by atoms with Gasteiger partial charge in [0.25, 0.3) is 0 Å². The fraction of sp³-hybridized carbons (Fsp3) is 0.286. The van der Waals surface area contributed by atoms with Gasteiger partial charge in [0.2, 0.25) is 0 Å². The summed E-state index contributed by atoms with van der Waals surface area (Å²) in [6.07, 6.45) is 3.76. The number of benzene rings is 1. The van der Waals surface area contributed by atoms with Gasteiger partial charge in [-0.3, -0.25) is 9.13 Å². The molecule has 3 rings (SSSR count). The molecule has 1 aromatic heterocycles. The molecule has 1 saturated heterocycles. The maximum absolute atomic E-state index is 12.1. The summed E-state index contributed by atoms with van der Waals surface area (Å²) in [6.45, 7) is 1.88. The standard InChI is InChI=1S/C14H13N3O2/c15-7-11-1-3-12(4-2-11)8-16-5-6-17(14(16)18)9-13-10-19-13/h1-6,13H,8-10H2. The van der Waals surface area contributed by atoms with Gasteiger partial charge in [0, 0.05) is 12.4 Å². The zero-order chi connectivity index (χ0) is 13.2. The lowest BCUT2D eigenvalue weighted by Gasteiger charge is -2.02. The Morgan fingerprint density at radius 2 is 1.95 bits per heavy atom. The van der Waals surface area contributed by atoms with E-state index >= 15 is 0 Å². The van der Waals surface area contributed by atoms with Crippen LogP contribution in [0.2, 0.25) is 0 Å². The highest BCUT2D eigenvalue weighted by Gasteiger charge is 2.23. The number of ether oxygens (including phenoxy) is 1. The van der Waals surface area contributed by atoms with Crippen LogP contribution in [0.5, 0.6) is 0 Å². The summed E-state index contributed by atoms with van der Waals surface area (Å²) in [4.78, 5) is 12.1. The normalized spacial score (nSPS) is 17.1. The monoisotopic (exact) mass is 255 g/mol. The van der Waals surface area contributed by atoms with Gasteiger partial charge in [-0.2, -0.15) is 5.26 Å². The summed E-state index contributed by atoms with van der Waals surface area (Å²) in [5.41, 5.74) is 1.60. The zero-order valence-electron chi connectivity index (χ0n) is 10.3. The summed E-state index contributed by atoms with van der Waals surface area (Å²) in [5.74, 6) is 0. The maximum atomic E-state index is 12.1. The highest BCUT2D eigenvalue weighted by molar-refractivity contribution is 5.31. The van der Waals surface area contributed by atoms with E-state index in [0.717, 1.165) is 12.2 Å². The first-order valence-corrected chi connectivity index (χ1v) is 6.12. The van der Waals surface area contributed by atoms with E-state index in [-0.39, 0.29) is 11.8 Å². The third kappa shape index (κ3) is 2.59. The molecule has 1 unspecified atom stereocenters. The van der Waals surface area contributed by atoms with Crippen LogP contribution in [0.3, 0.4) is 0 Å². The van der Waals surface area contributed by atoms with Crippen molar-refractivity contribution < 1.29 is 4.74 Å². The Morgan fingerprint density at radius 1 is 1.26 bits per heavy atom. The van der Waals surface area contributed by atoms with Crippen LogP contribution in [0.15, 0.2) is 41.5 Å². The van der Waals surface area contributed by atoms with E-state index in [2.05, 4.69) is 6.07 Å². The second kappa shape index (κ2) is 4.75. The van der Waals surface area contributed by atoms with Gasteiger partial charge in [-0.25, -0.2) is 4.79 Å². The highest BCUT2D eigenvalue weighted by atomic mass is 16.6. The van der Waals surface area contributed by atoms with Crippen LogP contribution in [-0.2, 0) is 17.8 Å². The van der Waals surface area contributed by atoms with Crippen molar-refractivity contribution in [1.82, 2.24) is 9.13 Å². The van der Waals surface area contributed by atoms with E-state index in [9.17, 15) is 4.79 Å². The van der Waals surface area contributed by atoms with Gasteiger partial charge in [-0.1, -0.05) is 12.1 Å². The molecule has 0 N–H and O–H groups in total. The molecule has 2 heterocycles. The van der Waals surface area contributed by atoms with Crippen molar-refractivity contribution in [3.05, 3.63) is 58.3 Å². The third-order valence-electron chi connectivity index (χ3n) is 3.16. The first-order valence-electron chi connectivity index (χ1n) is 6.12. The van der Waals surface area contributed by atoms with Crippen LogP contribution in [0.4, 0.5) is 0 Å². The Balaban J connectivity index is 1.76. The molecule has 0 amide bonds. The first-order chi connectivity index (χ1) is 9.26. The SMILES string of the molecule is N#Cc1ccc(Cn2ccn(CC3CO3)c2=O)cc1. The number of imidazole rings is 1. The molecule has 1 aromatic carbocycles. The molecule has 5 heteroatoms. The predicted octanol–water partition coefficient (Wildman–Crippen LogP) is 0.969. The molecule has 96 valence electrons. The summed E-state index contributed by atoms with van der Waals surface area (Å²) in [7, 11) is 0. The van der Waals surface area contributed by atoms with Crippen molar-refractivity contribution in [2.24, 2.45) is 0 Å². The van der Waals surface area contributed by atoms with Gasteiger partial charge in [-0.05, 0) is 17.7 Å². The molecule has 5 nitrogen and oxygen atoms in total. The second-order valence-corrected chi connectivity index (χ2v) is 4.63. The lowest BCUT2D eigenvalue weighted by Crippen LogP contribution is -2.25. The summed E-state index contributed by atoms with van der Waals surface area (Å²) < 4.78 is 8.45. The van der Waals surface area contributed by atoms with Crippen molar-refractivity contribution in [2.45, 2.75) is 19.2 Å². The van der Waals surface area contributed by atoms with Gasteiger partial charge in [0.1, 0.15) is 0 Å². The molecule has 0 saturated carbocycles. The van der Waals surface area contributed by atoms with Crippen molar-refractivity contribution >= 4 is 0 Å². The summed E-state index contributed by atoms with van der Waals surface area (Å²) in [5, 5.41) is 8.74. The van der Waals surface area contributed by atoms with Crippen LogP contribution in [0, 0.1) is 11.3 Å². The summed E-state index contributed by atoms with van der Waals surface area (Å²) >= 11 is 0. The van der Waals surface area contributed by atoms with Crippen LogP contribution in [0.25, 0.3) is 0 Å². The van der Waals surface area contributed by atoms with E-state index in [1.807, 2.05) is 12.1 Å². The lowest BCUT2D eigenvalue weighted by molar-refractivity contribution is 0.379. The van der Waals surface area contributed by atoms with E-state index in [0.29, 0.717) is 18.7 Å². The molecular formula is C14H13N3O2. The number of aromatic nitrogens is 2. The first kappa shape index (κ1) is 11.8. The Labute approximate surface area is 110 Å². The van der Waals surface area contributed by atoms with Gasteiger partial charge < -0.3 is 4.74 Å². The lowest BCUT2D eigenvalue weighted by atomic mass is 10.1. The average Bonchev–Trinajstić information content (AvgIpc) is 3.19. The molecule has 1 fully saturated rings. The molecule has 0 aliphatic carbocycles. The van der Waals surface area contributed by atoms with E-state index < -0.39 is 0 Å². The van der Waals surface area contributed by atoms with E-state index in [1.165, 1.54) is 0 Å². The zero-order valence-corrected chi connectivity index (χ0v) is 10.3. The second-order valence-electron chi connectivity index (χ2n) is 4.63. The van der Waals surface area contributed by atoms with Crippen LogP contribution >= 0.6 is 0 Å². The number of nitriles is 1. The molecule has 0 bridgehead atoms. The minimum Gasteiger partial charge on any atom is -0.371 e. The average molecular weight is 255 g/mol. The largest absolute Gasteiger partial charge is 0.371 e. The van der Waals surface area contributed by atoms with Crippen molar-refractivity contribution in [2.75, 3.05) is 6.61 Å². The number of epoxide rings is 1. The smallest absolute Gasteiger partial charge is 0.328 e. The van der Waals surface area contributed by atoms with Crippen LogP contribution in [-0.4, -0.2) is 21.8 Å². The molecule has 1 aliphatic heterocycles. The van der Waals surface area contributed by atoms with Crippen LogP contribution < -0.4 is 5.69 Å². The van der Waals surface area contributed by atoms with E-state index in [1.54, 1.807) is 33.7 Å². The summed E-state index contributed by atoms with van der Waals surface area (Å²) in [6, 6.07) is 9.33. The quantitative estimate of drug-likeness (QED) is 0.765. The molecule has 0 radical (unpaired) electrons. The molecular weight excluding hydrogens is 242 g/mol.